The van der Waals surface area contributed by atoms with Gasteiger partial charge in [-0.1, -0.05) is 28.1 Å². The van der Waals surface area contributed by atoms with Crippen LogP contribution in [-0.2, 0) is 11.3 Å². The number of halogens is 1. The number of esters is 1. The largest absolute Gasteiger partial charge is 0.465 e. The van der Waals surface area contributed by atoms with Crippen LogP contribution in [0.4, 0.5) is 5.69 Å². The van der Waals surface area contributed by atoms with Crippen LogP contribution >= 0.6 is 15.9 Å². The van der Waals surface area contributed by atoms with E-state index in [0.717, 1.165) is 15.7 Å². The number of carbonyl (C=O) groups excluding carboxylic acids is 1. The van der Waals surface area contributed by atoms with E-state index in [1.165, 1.54) is 7.11 Å². The average molecular weight is 345 g/mol. The predicted octanol–water partition coefficient (Wildman–Crippen LogP) is 3.72. The molecular formula is C16H13BrN2O2. The summed E-state index contributed by atoms with van der Waals surface area (Å²) in [5, 5.41) is 12.3. The number of methoxy groups -OCH3 is 1. The summed E-state index contributed by atoms with van der Waals surface area (Å²) in [4.78, 5) is 11.3. The Morgan fingerprint density at radius 3 is 2.62 bits per heavy atom. The molecule has 0 aromatic heterocycles. The van der Waals surface area contributed by atoms with E-state index < -0.39 is 0 Å². The summed E-state index contributed by atoms with van der Waals surface area (Å²) >= 11 is 3.38. The number of nitrogens with one attached hydrogen (secondary N) is 1. The van der Waals surface area contributed by atoms with Crippen LogP contribution in [0.3, 0.4) is 0 Å². The third-order valence-electron chi connectivity index (χ3n) is 2.96. The van der Waals surface area contributed by atoms with Crippen molar-refractivity contribution >= 4 is 27.6 Å². The fourth-order valence-electron chi connectivity index (χ4n) is 1.83. The summed E-state index contributed by atoms with van der Waals surface area (Å²) in [5.74, 6) is -0.353. The van der Waals surface area contributed by atoms with Crippen molar-refractivity contribution in [3.63, 3.8) is 0 Å². The Hall–Kier alpha value is -2.32. The molecule has 2 aromatic rings. The molecule has 106 valence electrons. The van der Waals surface area contributed by atoms with E-state index in [0.29, 0.717) is 17.7 Å². The van der Waals surface area contributed by atoms with Crippen LogP contribution in [0, 0.1) is 11.3 Å². The highest BCUT2D eigenvalue weighted by Crippen LogP contribution is 2.21. The van der Waals surface area contributed by atoms with E-state index in [9.17, 15) is 4.79 Å². The zero-order valence-corrected chi connectivity index (χ0v) is 13.0. The first-order valence-electron chi connectivity index (χ1n) is 6.25. The summed E-state index contributed by atoms with van der Waals surface area (Å²) < 4.78 is 5.56. The van der Waals surface area contributed by atoms with Gasteiger partial charge in [0.25, 0.3) is 0 Å². The van der Waals surface area contributed by atoms with Crippen molar-refractivity contribution in [2.75, 3.05) is 12.4 Å². The first-order valence-corrected chi connectivity index (χ1v) is 7.04. The van der Waals surface area contributed by atoms with Crippen LogP contribution in [0.1, 0.15) is 21.5 Å². The lowest BCUT2D eigenvalue weighted by Crippen LogP contribution is -2.03. The van der Waals surface area contributed by atoms with E-state index in [4.69, 9.17) is 5.26 Å². The second kappa shape index (κ2) is 6.91. The lowest BCUT2D eigenvalue weighted by atomic mass is 10.1. The number of benzene rings is 2. The Balaban J connectivity index is 2.08. The number of hydrogen-bond acceptors (Lipinski definition) is 4. The molecule has 0 fully saturated rings. The van der Waals surface area contributed by atoms with Crippen molar-refractivity contribution in [1.82, 2.24) is 0 Å². The molecule has 0 spiro atoms. The number of anilines is 1. The average Bonchev–Trinajstić information content (AvgIpc) is 2.52. The Morgan fingerprint density at radius 1 is 1.29 bits per heavy atom. The molecule has 1 N–H and O–H groups in total. The molecule has 0 saturated heterocycles. The van der Waals surface area contributed by atoms with Crippen LogP contribution in [-0.4, -0.2) is 13.1 Å². The lowest BCUT2D eigenvalue weighted by Gasteiger charge is -2.09. The Labute approximate surface area is 131 Å². The van der Waals surface area contributed by atoms with Gasteiger partial charge >= 0.3 is 5.97 Å². The topological polar surface area (TPSA) is 62.1 Å². The van der Waals surface area contributed by atoms with Gasteiger partial charge in [0.15, 0.2) is 0 Å². The smallest absolute Gasteiger partial charge is 0.337 e. The van der Waals surface area contributed by atoms with E-state index in [-0.39, 0.29) is 5.97 Å². The molecule has 0 amide bonds. The third-order valence-corrected chi connectivity index (χ3v) is 3.45. The number of nitriles is 1. The van der Waals surface area contributed by atoms with Crippen molar-refractivity contribution in [2.45, 2.75) is 6.54 Å². The number of nitrogens with zero attached hydrogens (tertiary/aromatic N) is 1. The maximum Gasteiger partial charge on any atom is 0.337 e. The summed E-state index contributed by atoms with van der Waals surface area (Å²) in [6.07, 6.45) is 0. The van der Waals surface area contributed by atoms with Crippen molar-refractivity contribution in [3.8, 4) is 6.07 Å². The molecule has 0 atom stereocenters. The van der Waals surface area contributed by atoms with Gasteiger partial charge in [-0.05, 0) is 35.9 Å². The summed E-state index contributed by atoms with van der Waals surface area (Å²) in [7, 11) is 1.36. The highest BCUT2D eigenvalue weighted by Gasteiger charge is 2.05. The Bertz CT molecular complexity index is 690. The highest BCUT2D eigenvalue weighted by atomic mass is 79.9. The van der Waals surface area contributed by atoms with Crippen molar-refractivity contribution in [3.05, 3.63) is 63.6 Å². The monoisotopic (exact) mass is 344 g/mol. The minimum absolute atomic E-state index is 0.353. The van der Waals surface area contributed by atoms with Gasteiger partial charge in [0.1, 0.15) is 6.07 Å². The molecular weight excluding hydrogens is 332 g/mol. The van der Waals surface area contributed by atoms with Crippen LogP contribution in [0.15, 0.2) is 46.9 Å². The number of ether oxygens (including phenoxy) is 1. The summed E-state index contributed by atoms with van der Waals surface area (Å²) in [6, 6.07) is 14.7. The molecule has 0 heterocycles. The van der Waals surface area contributed by atoms with Gasteiger partial charge in [-0.2, -0.15) is 5.26 Å². The van der Waals surface area contributed by atoms with Gasteiger partial charge in [-0.3, -0.25) is 0 Å². The summed E-state index contributed by atoms with van der Waals surface area (Å²) in [5.41, 5.74) is 2.88. The Kier molecular flexibility index (Phi) is 4.96. The molecule has 0 saturated carbocycles. The van der Waals surface area contributed by atoms with Crippen molar-refractivity contribution in [1.29, 1.82) is 5.26 Å². The van der Waals surface area contributed by atoms with Gasteiger partial charge in [0.2, 0.25) is 0 Å². The zero-order chi connectivity index (χ0) is 15.2. The fraction of sp³-hybridized carbons (Fsp3) is 0.125. The molecule has 0 radical (unpaired) electrons. The molecule has 0 bridgehead atoms. The predicted molar refractivity (Wildman–Crippen MR) is 84.0 cm³/mol. The minimum atomic E-state index is -0.353. The Morgan fingerprint density at radius 2 is 2.00 bits per heavy atom. The van der Waals surface area contributed by atoms with Crippen molar-refractivity contribution < 1.29 is 9.53 Å². The van der Waals surface area contributed by atoms with Crippen molar-refractivity contribution in [2.24, 2.45) is 0 Å². The normalized spacial score (nSPS) is 9.76. The first kappa shape index (κ1) is 15.1. The third kappa shape index (κ3) is 3.83. The van der Waals surface area contributed by atoms with Gasteiger partial charge in [0, 0.05) is 11.0 Å². The second-order valence-electron chi connectivity index (χ2n) is 4.34. The summed E-state index contributed by atoms with van der Waals surface area (Å²) in [6.45, 7) is 0.562. The number of rotatable bonds is 4. The second-order valence-corrected chi connectivity index (χ2v) is 5.26. The zero-order valence-electron chi connectivity index (χ0n) is 11.4. The molecule has 0 aliphatic rings. The van der Waals surface area contributed by atoms with E-state index in [1.54, 1.807) is 18.2 Å². The number of carbonyl (C=O) groups is 1. The van der Waals surface area contributed by atoms with E-state index in [2.05, 4.69) is 32.1 Å². The van der Waals surface area contributed by atoms with Gasteiger partial charge in [0.05, 0.1) is 23.9 Å². The molecule has 0 aliphatic heterocycles. The molecule has 21 heavy (non-hydrogen) atoms. The van der Waals surface area contributed by atoms with E-state index in [1.807, 2.05) is 24.3 Å². The van der Waals surface area contributed by atoms with E-state index >= 15 is 0 Å². The van der Waals surface area contributed by atoms with Crippen LogP contribution < -0.4 is 5.32 Å². The van der Waals surface area contributed by atoms with Crippen LogP contribution in [0.2, 0.25) is 0 Å². The molecule has 0 aliphatic carbocycles. The molecule has 5 heteroatoms. The maximum atomic E-state index is 11.3. The van der Waals surface area contributed by atoms with Gasteiger partial charge in [-0.25, -0.2) is 4.79 Å². The molecule has 2 aromatic carbocycles. The van der Waals surface area contributed by atoms with Crippen LogP contribution in [0.5, 0.6) is 0 Å². The van der Waals surface area contributed by atoms with Crippen LogP contribution in [0.25, 0.3) is 0 Å². The highest BCUT2D eigenvalue weighted by molar-refractivity contribution is 9.10. The molecule has 2 rings (SSSR count). The first-order chi connectivity index (χ1) is 10.1. The lowest BCUT2D eigenvalue weighted by molar-refractivity contribution is 0.0600. The molecule has 4 nitrogen and oxygen atoms in total. The number of hydrogen-bond donors (Lipinski definition) is 1. The standard InChI is InChI=1S/C16H13BrN2O2/c1-21-16(20)12-4-2-11(3-5-12)10-19-15-8-14(17)7-6-13(15)9-18/h2-8,19H,10H2,1H3. The van der Waals surface area contributed by atoms with Gasteiger partial charge in [-0.15, -0.1) is 0 Å². The fourth-order valence-corrected chi connectivity index (χ4v) is 2.20. The SMILES string of the molecule is COC(=O)c1ccc(CNc2cc(Br)ccc2C#N)cc1. The molecule has 0 unspecified atom stereocenters. The van der Waals surface area contributed by atoms with Gasteiger partial charge < -0.3 is 10.1 Å². The minimum Gasteiger partial charge on any atom is -0.465 e. The maximum absolute atomic E-state index is 11.3. The quantitative estimate of drug-likeness (QED) is 0.858.